The number of benzene rings is 2. The van der Waals surface area contributed by atoms with Gasteiger partial charge >= 0.3 is 5.97 Å². The highest BCUT2D eigenvalue weighted by Crippen LogP contribution is 2.29. The van der Waals surface area contributed by atoms with Gasteiger partial charge < -0.3 is 9.64 Å². The van der Waals surface area contributed by atoms with Crippen molar-refractivity contribution in [2.75, 3.05) is 24.6 Å². The third-order valence-corrected chi connectivity index (χ3v) is 5.95. The molecule has 5 heteroatoms. The average molecular weight is 443 g/mol. The van der Waals surface area contributed by atoms with Gasteiger partial charge in [-0.1, -0.05) is 30.7 Å². The summed E-state index contributed by atoms with van der Waals surface area (Å²) in [6.45, 7) is 4.94. The van der Waals surface area contributed by atoms with Crippen molar-refractivity contribution in [1.29, 1.82) is 5.26 Å². The molecule has 0 radical (unpaired) electrons. The van der Waals surface area contributed by atoms with Crippen molar-refractivity contribution in [3.8, 4) is 17.9 Å². The zero-order valence-electron chi connectivity index (χ0n) is 19.4. The van der Waals surface area contributed by atoms with Crippen LogP contribution in [0, 0.1) is 36.0 Å². The van der Waals surface area contributed by atoms with Crippen LogP contribution in [-0.2, 0) is 9.53 Å². The van der Waals surface area contributed by atoms with Gasteiger partial charge in [0.15, 0.2) is 5.78 Å². The second-order valence-electron chi connectivity index (χ2n) is 8.32. The molecule has 1 fully saturated rings. The Hall–Kier alpha value is -3.57. The van der Waals surface area contributed by atoms with Gasteiger partial charge in [0.05, 0.1) is 31.2 Å². The number of anilines is 1. The molecule has 5 nitrogen and oxygen atoms in total. The van der Waals surface area contributed by atoms with Crippen LogP contribution in [0.5, 0.6) is 0 Å². The molecule has 33 heavy (non-hydrogen) atoms. The Morgan fingerprint density at radius 1 is 1.12 bits per heavy atom. The summed E-state index contributed by atoms with van der Waals surface area (Å²) in [7, 11) is 0. The number of Topliss-reactive ketones (excluding diaryl/α,β-unsaturated/α-hetero) is 1. The number of nitriles is 1. The predicted molar refractivity (Wildman–Crippen MR) is 129 cm³/mol. The Bertz CT molecular complexity index is 1100. The number of aryl methyl sites for hydroxylation is 1. The summed E-state index contributed by atoms with van der Waals surface area (Å²) in [5, 5.41) is 9.22. The van der Waals surface area contributed by atoms with Crippen LogP contribution in [0.2, 0.25) is 0 Å². The average Bonchev–Trinajstić information content (AvgIpc) is 3.36. The van der Waals surface area contributed by atoms with E-state index < -0.39 is 0 Å². The number of hydrogen-bond donors (Lipinski definition) is 0. The van der Waals surface area contributed by atoms with Gasteiger partial charge in [-0.05, 0) is 68.7 Å². The topological polar surface area (TPSA) is 70.4 Å². The minimum absolute atomic E-state index is 0.165. The molecule has 0 amide bonds. The van der Waals surface area contributed by atoms with Gasteiger partial charge in [0.2, 0.25) is 0 Å². The van der Waals surface area contributed by atoms with E-state index in [4.69, 9.17) is 4.74 Å². The Labute approximate surface area is 196 Å². The molecule has 0 atom stereocenters. The highest BCUT2D eigenvalue weighted by atomic mass is 16.5. The first-order chi connectivity index (χ1) is 16.0. The Balaban J connectivity index is 1.72. The minimum atomic E-state index is -0.259. The maximum Gasteiger partial charge on any atom is 0.307 e. The van der Waals surface area contributed by atoms with Gasteiger partial charge in [-0.15, -0.1) is 0 Å². The molecule has 0 heterocycles. The molecule has 1 saturated carbocycles. The summed E-state index contributed by atoms with van der Waals surface area (Å²) >= 11 is 0. The van der Waals surface area contributed by atoms with E-state index in [1.807, 2.05) is 42.2 Å². The number of ketones is 1. The first kappa shape index (κ1) is 24.1. The van der Waals surface area contributed by atoms with Gasteiger partial charge in [0, 0.05) is 29.3 Å². The fourth-order valence-electron chi connectivity index (χ4n) is 4.19. The highest BCUT2D eigenvalue weighted by molar-refractivity contribution is 5.99. The molecule has 1 aliphatic rings. The molecule has 1 aliphatic carbocycles. The molecule has 2 aromatic rings. The lowest BCUT2D eigenvalue weighted by Gasteiger charge is -2.22. The largest absolute Gasteiger partial charge is 0.466 e. The highest BCUT2D eigenvalue weighted by Gasteiger charge is 2.24. The van der Waals surface area contributed by atoms with Gasteiger partial charge in [-0.3, -0.25) is 9.59 Å². The van der Waals surface area contributed by atoms with Gasteiger partial charge in [0.1, 0.15) is 0 Å². The van der Waals surface area contributed by atoms with Crippen molar-refractivity contribution in [3.05, 3.63) is 64.7 Å². The smallest absolute Gasteiger partial charge is 0.307 e. The van der Waals surface area contributed by atoms with Crippen molar-refractivity contribution < 1.29 is 14.3 Å². The van der Waals surface area contributed by atoms with E-state index in [1.165, 1.54) is 0 Å². The molecule has 0 N–H and O–H groups in total. The predicted octanol–water partition coefficient (Wildman–Crippen LogP) is 5.05. The Morgan fingerprint density at radius 2 is 1.91 bits per heavy atom. The lowest BCUT2D eigenvalue weighted by Crippen LogP contribution is -2.27. The quantitative estimate of drug-likeness (QED) is 0.325. The van der Waals surface area contributed by atoms with E-state index in [1.54, 1.807) is 19.1 Å². The van der Waals surface area contributed by atoms with Crippen molar-refractivity contribution >= 4 is 17.4 Å². The minimum Gasteiger partial charge on any atom is -0.466 e. The van der Waals surface area contributed by atoms with Gasteiger partial charge in [-0.25, -0.2) is 0 Å². The van der Waals surface area contributed by atoms with Crippen LogP contribution in [0.15, 0.2) is 42.5 Å². The summed E-state index contributed by atoms with van der Waals surface area (Å²) in [4.78, 5) is 26.6. The summed E-state index contributed by atoms with van der Waals surface area (Å²) in [6.07, 6.45) is 4.51. The van der Waals surface area contributed by atoms with E-state index in [-0.39, 0.29) is 24.1 Å². The van der Waals surface area contributed by atoms with E-state index in [9.17, 15) is 14.9 Å². The second kappa shape index (κ2) is 11.9. The molecule has 0 spiro atoms. The first-order valence-electron chi connectivity index (χ1n) is 11.6. The molecule has 0 saturated heterocycles. The molecule has 2 aromatic carbocycles. The normalized spacial score (nSPS) is 13.0. The summed E-state index contributed by atoms with van der Waals surface area (Å²) in [5.74, 6) is 6.52. The summed E-state index contributed by atoms with van der Waals surface area (Å²) in [6, 6.07) is 15.2. The van der Waals surface area contributed by atoms with Crippen LogP contribution < -0.4 is 4.90 Å². The molecule has 0 bridgehead atoms. The number of nitrogens with zero attached hydrogens (tertiary/aromatic N) is 2. The molecule has 0 aromatic heterocycles. The standard InChI is InChI=1S/C28H30N2O3/c1-3-33-27(31)15-17-30(25-12-6-8-23(19-25)20-29)16-7-9-22-13-14-26(21(2)18-22)28(32)24-10-4-5-11-24/h6,8,12-14,18-19,24H,3-5,10-11,15-17H2,1-2H3. The van der Waals surface area contributed by atoms with Crippen LogP contribution in [0.25, 0.3) is 0 Å². The number of rotatable bonds is 8. The summed E-state index contributed by atoms with van der Waals surface area (Å²) < 4.78 is 5.05. The van der Waals surface area contributed by atoms with Crippen LogP contribution in [-0.4, -0.2) is 31.4 Å². The van der Waals surface area contributed by atoms with Crippen molar-refractivity contribution in [2.45, 2.75) is 46.0 Å². The molecule has 170 valence electrons. The van der Waals surface area contributed by atoms with E-state index >= 15 is 0 Å². The number of ether oxygens (including phenoxy) is 1. The van der Waals surface area contributed by atoms with Crippen LogP contribution >= 0.6 is 0 Å². The zero-order valence-corrected chi connectivity index (χ0v) is 19.4. The van der Waals surface area contributed by atoms with Crippen molar-refractivity contribution in [2.24, 2.45) is 5.92 Å². The number of hydrogen-bond acceptors (Lipinski definition) is 5. The van der Waals surface area contributed by atoms with Crippen LogP contribution in [0.3, 0.4) is 0 Å². The fraction of sp³-hybridized carbons (Fsp3) is 0.393. The SMILES string of the molecule is CCOC(=O)CCN(CC#Cc1ccc(C(=O)C2CCCC2)c(C)c1)c1cccc(C#N)c1. The van der Waals surface area contributed by atoms with Gasteiger partial charge in [0.25, 0.3) is 0 Å². The van der Waals surface area contributed by atoms with Gasteiger partial charge in [-0.2, -0.15) is 5.26 Å². The summed E-state index contributed by atoms with van der Waals surface area (Å²) in [5.41, 5.74) is 4.00. The van der Waals surface area contributed by atoms with Crippen LogP contribution in [0.1, 0.15) is 66.1 Å². The van der Waals surface area contributed by atoms with Crippen molar-refractivity contribution in [3.63, 3.8) is 0 Å². The maximum absolute atomic E-state index is 12.8. The third-order valence-electron chi connectivity index (χ3n) is 5.95. The Kier molecular flexibility index (Phi) is 8.67. The molecular formula is C28H30N2O3. The molecule has 0 unspecified atom stereocenters. The van der Waals surface area contributed by atoms with E-state index in [0.717, 1.165) is 48.1 Å². The zero-order chi connectivity index (χ0) is 23.6. The Morgan fingerprint density at radius 3 is 2.61 bits per heavy atom. The molecular weight excluding hydrogens is 412 g/mol. The lowest BCUT2D eigenvalue weighted by atomic mass is 9.92. The first-order valence-corrected chi connectivity index (χ1v) is 11.6. The maximum atomic E-state index is 12.8. The van der Waals surface area contributed by atoms with Crippen molar-refractivity contribution in [1.82, 2.24) is 0 Å². The third kappa shape index (κ3) is 6.70. The number of carbonyl (C=O) groups is 2. The fourth-order valence-corrected chi connectivity index (χ4v) is 4.19. The number of carbonyl (C=O) groups excluding carboxylic acids is 2. The van der Waals surface area contributed by atoms with E-state index in [0.29, 0.717) is 25.3 Å². The molecule has 0 aliphatic heterocycles. The van der Waals surface area contributed by atoms with Crippen LogP contribution in [0.4, 0.5) is 5.69 Å². The molecule has 3 rings (SSSR count). The van der Waals surface area contributed by atoms with E-state index in [2.05, 4.69) is 17.9 Å². The lowest BCUT2D eigenvalue weighted by molar-refractivity contribution is -0.142. The second-order valence-corrected chi connectivity index (χ2v) is 8.32. The number of esters is 1. The monoisotopic (exact) mass is 442 g/mol.